The van der Waals surface area contributed by atoms with E-state index in [1.54, 1.807) is 0 Å². The Balaban J connectivity index is 0.000000185. The van der Waals surface area contributed by atoms with Crippen LogP contribution in [0.3, 0.4) is 0 Å². The standard InChI is InChI=1S/C9H7N.C7H16/c1-2-6-9-8(4-1)5-3-7-10-9;1-3-5-7-6-4-2/h1-7H;3-7H2,1-2H3. The van der Waals surface area contributed by atoms with Crippen LogP contribution in [-0.4, -0.2) is 4.98 Å². The molecule has 0 N–H and O–H groups in total. The second-order valence-corrected chi connectivity index (χ2v) is 4.26. The molecule has 0 aliphatic heterocycles. The number of hydrogen-bond acceptors (Lipinski definition) is 1. The Kier molecular flexibility index (Phi) is 7.04. The van der Waals surface area contributed by atoms with Gasteiger partial charge in [0.15, 0.2) is 0 Å². The van der Waals surface area contributed by atoms with E-state index in [0.717, 1.165) is 5.52 Å². The largest absolute Gasteiger partial charge is 0.256 e. The molecular weight excluding hydrogens is 206 g/mol. The van der Waals surface area contributed by atoms with E-state index in [4.69, 9.17) is 0 Å². The van der Waals surface area contributed by atoms with Crippen LogP contribution in [0.4, 0.5) is 0 Å². The fourth-order valence-electron chi connectivity index (χ4n) is 1.69. The lowest BCUT2D eigenvalue weighted by Crippen LogP contribution is -1.73. The van der Waals surface area contributed by atoms with Gasteiger partial charge in [-0.1, -0.05) is 70.2 Å². The van der Waals surface area contributed by atoms with Gasteiger partial charge >= 0.3 is 0 Å². The summed E-state index contributed by atoms with van der Waals surface area (Å²) in [5.74, 6) is 0. The second-order valence-electron chi connectivity index (χ2n) is 4.26. The highest BCUT2D eigenvalue weighted by Gasteiger charge is 1.86. The van der Waals surface area contributed by atoms with E-state index < -0.39 is 0 Å². The van der Waals surface area contributed by atoms with Crippen LogP contribution in [-0.2, 0) is 0 Å². The van der Waals surface area contributed by atoms with E-state index in [9.17, 15) is 0 Å². The lowest BCUT2D eigenvalue weighted by atomic mass is 10.2. The van der Waals surface area contributed by atoms with Crippen molar-refractivity contribution >= 4 is 10.9 Å². The third-order valence-corrected chi connectivity index (χ3v) is 2.72. The SMILES string of the molecule is CCCCCCC.c1ccc2ncccc2c1. The highest BCUT2D eigenvalue weighted by atomic mass is 14.6. The predicted octanol–water partition coefficient (Wildman–Crippen LogP) is 5.21. The molecular formula is C16H23N. The van der Waals surface area contributed by atoms with Crippen LogP contribution in [0, 0.1) is 0 Å². The number of pyridine rings is 1. The number of aromatic nitrogens is 1. The van der Waals surface area contributed by atoms with Crippen LogP contribution >= 0.6 is 0 Å². The molecule has 2 rings (SSSR count). The number of hydrogen-bond donors (Lipinski definition) is 0. The summed E-state index contributed by atoms with van der Waals surface area (Å²) in [7, 11) is 0. The third-order valence-electron chi connectivity index (χ3n) is 2.72. The van der Waals surface area contributed by atoms with E-state index in [-0.39, 0.29) is 0 Å². The van der Waals surface area contributed by atoms with E-state index in [1.165, 1.54) is 37.5 Å². The maximum absolute atomic E-state index is 4.18. The first-order valence-electron chi connectivity index (χ1n) is 6.68. The summed E-state index contributed by atoms with van der Waals surface area (Å²) in [5, 5.41) is 1.20. The van der Waals surface area contributed by atoms with Crippen molar-refractivity contribution in [2.75, 3.05) is 0 Å². The molecule has 0 amide bonds. The Labute approximate surface area is 105 Å². The summed E-state index contributed by atoms with van der Waals surface area (Å²) < 4.78 is 0. The Bertz CT molecular complexity index is 339. The van der Waals surface area contributed by atoms with Crippen LogP contribution < -0.4 is 0 Å². The summed E-state index contributed by atoms with van der Waals surface area (Å²) >= 11 is 0. The molecule has 0 fully saturated rings. The van der Waals surface area contributed by atoms with Gasteiger partial charge in [-0.15, -0.1) is 0 Å². The molecule has 1 heteroatoms. The molecule has 0 saturated heterocycles. The number of unbranched alkanes of at least 4 members (excludes halogenated alkanes) is 4. The molecule has 0 radical (unpaired) electrons. The first kappa shape index (κ1) is 13.7. The van der Waals surface area contributed by atoms with Gasteiger partial charge < -0.3 is 0 Å². The summed E-state index contributed by atoms with van der Waals surface area (Å²) in [6, 6.07) is 12.1. The molecule has 0 spiro atoms. The van der Waals surface area contributed by atoms with Gasteiger partial charge in [0.05, 0.1) is 5.52 Å². The highest BCUT2D eigenvalue weighted by molar-refractivity contribution is 5.77. The molecule has 0 aliphatic carbocycles. The van der Waals surface area contributed by atoms with E-state index >= 15 is 0 Å². The highest BCUT2D eigenvalue weighted by Crippen LogP contribution is 2.07. The van der Waals surface area contributed by atoms with Crippen molar-refractivity contribution in [1.29, 1.82) is 0 Å². The first-order valence-corrected chi connectivity index (χ1v) is 6.68. The van der Waals surface area contributed by atoms with Gasteiger partial charge in [-0.2, -0.15) is 0 Å². The molecule has 0 unspecified atom stereocenters. The molecule has 2 aromatic rings. The number of fused-ring (bicyclic) bond motifs is 1. The Morgan fingerprint density at radius 2 is 1.47 bits per heavy atom. The van der Waals surface area contributed by atoms with Crippen molar-refractivity contribution in [2.24, 2.45) is 0 Å². The predicted molar refractivity (Wildman–Crippen MR) is 76.2 cm³/mol. The van der Waals surface area contributed by atoms with Crippen molar-refractivity contribution in [3.8, 4) is 0 Å². The van der Waals surface area contributed by atoms with Gasteiger partial charge in [-0.25, -0.2) is 0 Å². The number of nitrogens with zero attached hydrogens (tertiary/aromatic N) is 1. The first-order chi connectivity index (χ1) is 8.38. The van der Waals surface area contributed by atoms with Gasteiger partial charge in [0.25, 0.3) is 0 Å². The van der Waals surface area contributed by atoms with Crippen molar-refractivity contribution in [3.63, 3.8) is 0 Å². The minimum atomic E-state index is 1.06. The zero-order chi connectivity index (χ0) is 12.3. The Morgan fingerprint density at radius 3 is 2.12 bits per heavy atom. The molecule has 1 aromatic carbocycles. The fraction of sp³-hybridized carbons (Fsp3) is 0.438. The van der Waals surface area contributed by atoms with Crippen LogP contribution in [0.2, 0.25) is 0 Å². The lowest BCUT2D eigenvalue weighted by molar-refractivity contribution is 0.656. The molecule has 1 heterocycles. The molecule has 0 saturated carbocycles. The van der Waals surface area contributed by atoms with Crippen molar-refractivity contribution in [1.82, 2.24) is 4.98 Å². The molecule has 17 heavy (non-hydrogen) atoms. The van der Waals surface area contributed by atoms with Gasteiger partial charge in [-0.05, 0) is 12.1 Å². The van der Waals surface area contributed by atoms with Crippen LogP contribution in [0.15, 0.2) is 42.6 Å². The van der Waals surface area contributed by atoms with Gasteiger partial charge in [0.2, 0.25) is 0 Å². The molecule has 92 valence electrons. The fourth-order valence-corrected chi connectivity index (χ4v) is 1.69. The normalized spacial score (nSPS) is 9.76. The molecule has 0 bridgehead atoms. The number of rotatable bonds is 4. The van der Waals surface area contributed by atoms with Crippen molar-refractivity contribution in [3.05, 3.63) is 42.6 Å². The van der Waals surface area contributed by atoms with E-state index in [0.29, 0.717) is 0 Å². The smallest absolute Gasteiger partial charge is 0.0701 e. The van der Waals surface area contributed by atoms with Crippen molar-refractivity contribution in [2.45, 2.75) is 46.0 Å². The summed E-state index contributed by atoms with van der Waals surface area (Å²) in [6.07, 6.45) is 8.82. The lowest BCUT2D eigenvalue weighted by Gasteiger charge is -1.91. The number of para-hydroxylation sites is 1. The van der Waals surface area contributed by atoms with Gasteiger partial charge in [0, 0.05) is 11.6 Å². The molecule has 1 aromatic heterocycles. The maximum Gasteiger partial charge on any atom is 0.0701 e. The monoisotopic (exact) mass is 229 g/mol. The Morgan fingerprint density at radius 1 is 0.824 bits per heavy atom. The van der Waals surface area contributed by atoms with Crippen LogP contribution in [0.25, 0.3) is 10.9 Å². The third kappa shape index (κ3) is 5.48. The molecule has 0 atom stereocenters. The van der Waals surface area contributed by atoms with Gasteiger partial charge in [-0.3, -0.25) is 4.98 Å². The van der Waals surface area contributed by atoms with E-state index in [1.807, 2.05) is 30.5 Å². The topological polar surface area (TPSA) is 12.9 Å². The summed E-state index contributed by atoms with van der Waals surface area (Å²) in [6.45, 7) is 4.49. The summed E-state index contributed by atoms with van der Waals surface area (Å²) in [4.78, 5) is 4.18. The second kappa shape index (κ2) is 8.74. The zero-order valence-corrected chi connectivity index (χ0v) is 11.0. The quantitative estimate of drug-likeness (QED) is 0.656. The zero-order valence-electron chi connectivity index (χ0n) is 11.0. The van der Waals surface area contributed by atoms with E-state index in [2.05, 4.69) is 31.0 Å². The molecule has 1 nitrogen and oxygen atoms in total. The summed E-state index contributed by atoms with van der Waals surface area (Å²) in [5.41, 5.74) is 1.06. The number of benzene rings is 1. The van der Waals surface area contributed by atoms with Crippen LogP contribution in [0.5, 0.6) is 0 Å². The Hall–Kier alpha value is -1.37. The van der Waals surface area contributed by atoms with Gasteiger partial charge in [0.1, 0.15) is 0 Å². The van der Waals surface area contributed by atoms with Crippen LogP contribution in [0.1, 0.15) is 46.0 Å². The molecule has 0 aliphatic rings. The average Bonchev–Trinajstić information content (AvgIpc) is 2.40. The minimum Gasteiger partial charge on any atom is -0.256 e. The maximum atomic E-state index is 4.18. The van der Waals surface area contributed by atoms with Crippen molar-refractivity contribution < 1.29 is 0 Å². The minimum absolute atomic E-state index is 1.06. The average molecular weight is 229 g/mol.